The first-order valence-electron chi connectivity index (χ1n) is 11.4. The molecule has 2 fully saturated rings. The van der Waals surface area contributed by atoms with E-state index in [-0.39, 0.29) is 12.0 Å². The largest absolute Gasteiger partial charge is 0.356 e. The molecule has 162 valence electrons. The lowest BCUT2D eigenvalue weighted by atomic mass is 9.88. The summed E-state index contributed by atoms with van der Waals surface area (Å²) in [6.45, 7) is 2.47. The van der Waals surface area contributed by atoms with Crippen LogP contribution in [0.15, 0.2) is 29.3 Å². The number of aromatic nitrogens is 2. The van der Waals surface area contributed by atoms with E-state index >= 15 is 0 Å². The van der Waals surface area contributed by atoms with Crippen LogP contribution in [0.1, 0.15) is 50.8 Å². The van der Waals surface area contributed by atoms with Gasteiger partial charge in [0.25, 0.3) is 0 Å². The fourth-order valence-electron chi connectivity index (χ4n) is 4.66. The molecule has 1 aliphatic heterocycles. The number of amides is 1. The molecule has 2 aliphatic rings. The highest BCUT2D eigenvalue weighted by Gasteiger charge is 2.31. The molecule has 30 heavy (non-hydrogen) atoms. The Bertz CT molecular complexity index is 836. The van der Waals surface area contributed by atoms with Crippen molar-refractivity contribution in [1.82, 2.24) is 25.5 Å². The Balaban J connectivity index is 1.18. The van der Waals surface area contributed by atoms with Crippen molar-refractivity contribution in [3.8, 4) is 0 Å². The number of guanidine groups is 1. The van der Waals surface area contributed by atoms with Gasteiger partial charge < -0.3 is 20.5 Å². The van der Waals surface area contributed by atoms with Crippen LogP contribution in [0.5, 0.6) is 0 Å². The second kappa shape index (κ2) is 9.96. The molecule has 1 aliphatic carbocycles. The van der Waals surface area contributed by atoms with Gasteiger partial charge in [0.05, 0.1) is 11.0 Å². The molecule has 1 unspecified atom stereocenters. The Kier molecular flexibility index (Phi) is 6.87. The van der Waals surface area contributed by atoms with Gasteiger partial charge in [-0.05, 0) is 37.8 Å². The zero-order valence-electron chi connectivity index (χ0n) is 18.0. The Labute approximate surface area is 178 Å². The maximum atomic E-state index is 12.8. The maximum absolute atomic E-state index is 12.8. The number of carbonyl (C=O) groups excluding carboxylic acids is 1. The predicted molar refractivity (Wildman–Crippen MR) is 120 cm³/mol. The lowest BCUT2D eigenvalue weighted by Crippen LogP contribution is -2.45. The molecular weight excluding hydrogens is 376 g/mol. The van der Waals surface area contributed by atoms with E-state index in [1.165, 1.54) is 19.3 Å². The van der Waals surface area contributed by atoms with Crippen LogP contribution in [0.3, 0.4) is 0 Å². The van der Waals surface area contributed by atoms with E-state index in [0.29, 0.717) is 5.91 Å². The van der Waals surface area contributed by atoms with Gasteiger partial charge in [0, 0.05) is 45.1 Å². The molecule has 7 heteroatoms. The van der Waals surface area contributed by atoms with Crippen molar-refractivity contribution in [3.63, 3.8) is 0 Å². The molecule has 1 aromatic carbocycles. The van der Waals surface area contributed by atoms with E-state index in [0.717, 1.165) is 74.6 Å². The Morgan fingerprint density at radius 1 is 1.23 bits per heavy atom. The van der Waals surface area contributed by atoms with Crippen LogP contribution in [0.2, 0.25) is 0 Å². The SMILES string of the molecule is CN=C(NCCCc1nc2ccccc2[nH]1)NC1CCN(C(=O)C2CCCCC2)C1. The second-order valence-electron chi connectivity index (χ2n) is 8.55. The van der Waals surface area contributed by atoms with E-state index in [4.69, 9.17) is 0 Å². The molecule has 2 heterocycles. The molecule has 1 saturated heterocycles. The molecule has 2 aromatic rings. The van der Waals surface area contributed by atoms with Crippen molar-refractivity contribution in [2.75, 3.05) is 26.7 Å². The highest BCUT2D eigenvalue weighted by molar-refractivity contribution is 5.81. The number of carbonyl (C=O) groups is 1. The van der Waals surface area contributed by atoms with Gasteiger partial charge in [-0.15, -0.1) is 0 Å². The Morgan fingerprint density at radius 3 is 2.87 bits per heavy atom. The molecule has 1 atom stereocenters. The van der Waals surface area contributed by atoms with E-state index in [9.17, 15) is 4.79 Å². The number of benzene rings is 1. The van der Waals surface area contributed by atoms with Crippen molar-refractivity contribution in [2.45, 2.75) is 57.4 Å². The number of fused-ring (bicyclic) bond motifs is 1. The fraction of sp³-hybridized carbons (Fsp3) is 0.609. The van der Waals surface area contributed by atoms with Gasteiger partial charge in [0.15, 0.2) is 5.96 Å². The predicted octanol–water partition coefficient (Wildman–Crippen LogP) is 2.84. The first-order valence-corrected chi connectivity index (χ1v) is 11.4. The summed E-state index contributed by atoms with van der Waals surface area (Å²) in [4.78, 5) is 27.2. The van der Waals surface area contributed by atoms with Gasteiger partial charge in [-0.1, -0.05) is 31.4 Å². The van der Waals surface area contributed by atoms with E-state index in [1.807, 2.05) is 18.2 Å². The fourth-order valence-corrected chi connectivity index (χ4v) is 4.66. The number of aromatic amines is 1. The number of aryl methyl sites for hydroxylation is 1. The summed E-state index contributed by atoms with van der Waals surface area (Å²) in [6.07, 6.45) is 8.69. The molecule has 1 aromatic heterocycles. The normalized spacial score (nSPS) is 20.6. The smallest absolute Gasteiger partial charge is 0.225 e. The van der Waals surface area contributed by atoms with E-state index in [1.54, 1.807) is 7.05 Å². The number of H-pyrrole nitrogens is 1. The summed E-state index contributed by atoms with van der Waals surface area (Å²) in [6, 6.07) is 8.40. The maximum Gasteiger partial charge on any atom is 0.225 e. The van der Waals surface area contributed by atoms with Crippen LogP contribution < -0.4 is 10.6 Å². The van der Waals surface area contributed by atoms with Crippen LogP contribution in [0.25, 0.3) is 11.0 Å². The summed E-state index contributed by atoms with van der Waals surface area (Å²) in [5.74, 6) is 2.46. The van der Waals surface area contributed by atoms with Gasteiger partial charge in [-0.2, -0.15) is 0 Å². The molecule has 4 rings (SSSR count). The molecule has 1 saturated carbocycles. The first kappa shape index (κ1) is 20.7. The van der Waals surface area contributed by atoms with Crippen molar-refractivity contribution in [1.29, 1.82) is 0 Å². The van der Waals surface area contributed by atoms with Crippen molar-refractivity contribution in [2.24, 2.45) is 10.9 Å². The van der Waals surface area contributed by atoms with Crippen LogP contribution in [-0.2, 0) is 11.2 Å². The molecule has 7 nitrogen and oxygen atoms in total. The monoisotopic (exact) mass is 410 g/mol. The topological polar surface area (TPSA) is 85.4 Å². The lowest BCUT2D eigenvalue weighted by molar-refractivity contribution is -0.135. The lowest BCUT2D eigenvalue weighted by Gasteiger charge is -2.26. The number of nitrogens with one attached hydrogen (secondary N) is 3. The third kappa shape index (κ3) is 5.12. The highest BCUT2D eigenvalue weighted by Crippen LogP contribution is 2.26. The molecule has 0 radical (unpaired) electrons. The van der Waals surface area contributed by atoms with Crippen LogP contribution in [0, 0.1) is 5.92 Å². The van der Waals surface area contributed by atoms with Crippen molar-refractivity contribution >= 4 is 22.9 Å². The summed E-state index contributed by atoms with van der Waals surface area (Å²) < 4.78 is 0. The summed E-state index contributed by atoms with van der Waals surface area (Å²) in [7, 11) is 1.80. The van der Waals surface area contributed by atoms with Crippen LogP contribution >= 0.6 is 0 Å². The Morgan fingerprint density at radius 2 is 2.07 bits per heavy atom. The van der Waals surface area contributed by atoms with Gasteiger partial charge in [-0.25, -0.2) is 4.98 Å². The Hall–Kier alpha value is -2.57. The average molecular weight is 411 g/mol. The summed E-state index contributed by atoms with van der Waals surface area (Å²) in [5, 5.41) is 6.90. The minimum absolute atomic E-state index is 0.258. The number of likely N-dealkylation sites (tertiary alicyclic amines) is 1. The molecule has 1 amide bonds. The zero-order valence-corrected chi connectivity index (χ0v) is 18.0. The van der Waals surface area contributed by atoms with Crippen molar-refractivity contribution in [3.05, 3.63) is 30.1 Å². The van der Waals surface area contributed by atoms with Crippen LogP contribution in [0.4, 0.5) is 0 Å². The number of imidazole rings is 1. The van der Waals surface area contributed by atoms with Gasteiger partial charge >= 0.3 is 0 Å². The standard InChI is InChI=1S/C23H34N6O/c1-24-23(25-14-7-12-21-27-19-10-5-6-11-20(19)28-21)26-18-13-15-29(16-18)22(30)17-8-3-2-4-9-17/h5-6,10-11,17-18H,2-4,7-9,12-16H2,1H3,(H,27,28)(H2,24,25,26). The van der Waals surface area contributed by atoms with E-state index in [2.05, 4.69) is 36.6 Å². The van der Waals surface area contributed by atoms with Gasteiger partial charge in [-0.3, -0.25) is 9.79 Å². The summed E-state index contributed by atoms with van der Waals surface area (Å²) >= 11 is 0. The quantitative estimate of drug-likeness (QED) is 0.388. The summed E-state index contributed by atoms with van der Waals surface area (Å²) in [5.41, 5.74) is 2.11. The molecule has 0 bridgehead atoms. The highest BCUT2D eigenvalue weighted by atomic mass is 16.2. The average Bonchev–Trinajstić information content (AvgIpc) is 3.42. The minimum Gasteiger partial charge on any atom is -0.356 e. The number of nitrogens with zero attached hydrogens (tertiary/aromatic N) is 3. The number of para-hydroxylation sites is 2. The molecular formula is C23H34N6O. The second-order valence-corrected chi connectivity index (χ2v) is 8.55. The first-order chi connectivity index (χ1) is 14.7. The third-order valence-electron chi connectivity index (χ3n) is 6.34. The van der Waals surface area contributed by atoms with Crippen molar-refractivity contribution < 1.29 is 4.79 Å². The number of rotatable bonds is 6. The number of aliphatic imine (C=N–C) groups is 1. The van der Waals surface area contributed by atoms with E-state index < -0.39 is 0 Å². The van der Waals surface area contributed by atoms with Gasteiger partial charge in [0.2, 0.25) is 5.91 Å². The number of hydrogen-bond acceptors (Lipinski definition) is 3. The third-order valence-corrected chi connectivity index (χ3v) is 6.34. The molecule has 3 N–H and O–H groups in total. The number of hydrogen-bond donors (Lipinski definition) is 3. The minimum atomic E-state index is 0.258. The molecule has 0 spiro atoms. The van der Waals surface area contributed by atoms with Crippen LogP contribution in [-0.4, -0.2) is 59.5 Å². The zero-order chi connectivity index (χ0) is 20.8. The van der Waals surface area contributed by atoms with Gasteiger partial charge in [0.1, 0.15) is 5.82 Å².